The Labute approximate surface area is 105 Å². The van der Waals surface area contributed by atoms with Crippen molar-refractivity contribution < 1.29 is 9.18 Å². The normalized spacial score (nSPS) is 20.4. The van der Waals surface area contributed by atoms with Gasteiger partial charge in [-0.2, -0.15) is 0 Å². The minimum atomic E-state index is -0.319. The highest BCUT2D eigenvalue weighted by molar-refractivity contribution is 6.20. The average molecular weight is 256 g/mol. The molecule has 1 aromatic rings. The summed E-state index contributed by atoms with van der Waals surface area (Å²) in [6.45, 7) is 1.31. The molecule has 0 spiro atoms. The van der Waals surface area contributed by atoms with Crippen molar-refractivity contribution in [1.82, 2.24) is 4.90 Å². The van der Waals surface area contributed by atoms with Gasteiger partial charge in [-0.25, -0.2) is 4.39 Å². The molecule has 4 heteroatoms. The van der Waals surface area contributed by atoms with Gasteiger partial charge in [0.25, 0.3) is 0 Å². The third-order valence-corrected chi connectivity index (χ3v) is 3.37. The zero-order valence-electron chi connectivity index (χ0n) is 9.53. The predicted molar refractivity (Wildman–Crippen MR) is 65.6 cm³/mol. The average Bonchev–Trinajstić information content (AvgIpc) is 2.32. The summed E-state index contributed by atoms with van der Waals surface area (Å²) in [5.74, 6) is -0.360. The van der Waals surface area contributed by atoms with E-state index in [0.29, 0.717) is 12.1 Å². The molecule has 1 heterocycles. The van der Waals surface area contributed by atoms with Gasteiger partial charge in [0.2, 0.25) is 5.91 Å². The van der Waals surface area contributed by atoms with Gasteiger partial charge in [-0.1, -0.05) is 18.2 Å². The van der Waals surface area contributed by atoms with Crippen molar-refractivity contribution in [3.05, 3.63) is 35.6 Å². The highest BCUT2D eigenvalue weighted by Gasteiger charge is 2.22. The molecule has 17 heavy (non-hydrogen) atoms. The summed E-state index contributed by atoms with van der Waals surface area (Å²) in [5.41, 5.74) is 0.453. The Morgan fingerprint density at radius 3 is 2.94 bits per heavy atom. The maximum atomic E-state index is 13.4. The number of hydrogen-bond donors (Lipinski definition) is 0. The molecule has 0 aromatic heterocycles. The quantitative estimate of drug-likeness (QED) is 0.744. The van der Waals surface area contributed by atoms with Crippen molar-refractivity contribution in [2.75, 3.05) is 13.1 Å². The molecule has 1 atom stereocenters. The largest absolute Gasteiger partial charge is 0.341 e. The molecule has 0 bridgehead atoms. The lowest BCUT2D eigenvalue weighted by Crippen LogP contribution is -2.41. The molecule has 0 N–H and O–H groups in total. The van der Waals surface area contributed by atoms with E-state index in [-0.39, 0.29) is 23.5 Å². The molecular formula is C13H15ClFNO. The molecule has 1 amide bonds. The van der Waals surface area contributed by atoms with Gasteiger partial charge in [-0.05, 0) is 24.5 Å². The molecule has 1 aliphatic heterocycles. The summed E-state index contributed by atoms with van der Waals surface area (Å²) in [5, 5.41) is 0.0355. The molecule has 0 saturated carbocycles. The Kier molecular flexibility index (Phi) is 4.00. The monoisotopic (exact) mass is 255 g/mol. The van der Waals surface area contributed by atoms with E-state index < -0.39 is 0 Å². The van der Waals surface area contributed by atoms with Gasteiger partial charge < -0.3 is 4.90 Å². The fraction of sp³-hybridized carbons (Fsp3) is 0.462. The number of halogens is 2. The first-order chi connectivity index (χ1) is 8.16. The second-order valence-electron chi connectivity index (χ2n) is 4.35. The number of hydrogen-bond acceptors (Lipinski definition) is 1. The Morgan fingerprint density at radius 1 is 1.47 bits per heavy atom. The summed E-state index contributed by atoms with van der Waals surface area (Å²) in [4.78, 5) is 13.7. The first-order valence-corrected chi connectivity index (χ1v) is 6.25. The van der Waals surface area contributed by atoms with Crippen LogP contribution in [0, 0.1) is 5.82 Å². The molecule has 1 unspecified atom stereocenters. The van der Waals surface area contributed by atoms with Gasteiger partial charge in [-0.3, -0.25) is 4.79 Å². The van der Waals surface area contributed by atoms with Gasteiger partial charge in [0.15, 0.2) is 0 Å². The van der Waals surface area contributed by atoms with Crippen LogP contribution in [0.25, 0.3) is 0 Å². The molecule has 92 valence electrons. The summed E-state index contributed by atoms with van der Waals surface area (Å²) < 4.78 is 13.4. The first kappa shape index (κ1) is 12.4. The SMILES string of the molecule is O=C(Cc1ccccc1F)N1CCCC(Cl)C1. The summed E-state index contributed by atoms with van der Waals surface area (Å²) in [6.07, 6.45) is 2.00. The van der Waals surface area contributed by atoms with Crippen LogP contribution in [-0.4, -0.2) is 29.3 Å². The van der Waals surface area contributed by atoms with E-state index >= 15 is 0 Å². The van der Waals surface area contributed by atoms with Crippen LogP contribution in [0.3, 0.4) is 0 Å². The highest BCUT2D eigenvalue weighted by Crippen LogP contribution is 2.17. The molecular weight excluding hydrogens is 241 g/mol. The van der Waals surface area contributed by atoms with E-state index in [1.165, 1.54) is 6.07 Å². The fourth-order valence-electron chi connectivity index (χ4n) is 2.07. The van der Waals surface area contributed by atoms with E-state index in [9.17, 15) is 9.18 Å². The van der Waals surface area contributed by atoms with E-state index in [1.54, 1.807) is 23.1 Å². The smallest absolute Gasteiger partial charge is 0.227 e. The molecule has 1 saturated heterocycles. The number of alkyl halides is 1. The number of rotatable bonds is 2. The van der Waals surface area contributed by atoms with E-state index in [0.717, 1.165) is 19.4 Å². The number of amides is 1. The maximum absolute atomic E-state index is 13.4. The predicted octanol–water partition coefficient (Wildman–Crippen LogP) is 2.60. The molecule has 0 aliphatic carbocycles. The van der Waals surface area contributed by atoms with E-state index in [4.69, 9.17) is 11.6 Å². The van der Waals surface area contributed by atoms with E-state index in [1.807, 2.05) is 0 Å². The third-order valence-electron chi connectivity index (χ3n) is 3.02. The number of nitrogens with zero attached hydrogens (tertiary/aromatic N) is 1. The Hall–Kier alpha value is -1.09. The molecule has 0 radical (unpaired) electrons. The Bertz CT molecular complexity index is 410. The lowest BCUT2D eigenvalue weighted by atomic mass is 10.1. The van der Waals surface area contributed by atoms with Crippen molar-refractivity contribution in [3.8, 4) is 0 Å². The summed E-state index contributed by atoms with van der Waals surface area (Å²) >= 11 is 6.02. The van der Waals surface area contributed by atoms with Gasteiger partial charge in [0, 0.05) is 13.1 Å². The zero-order valence-corrected chi connectivity index (χ0v) is 10.3. The Morgan fingerprint density at radius 2 is 2.24 bits per heavy atom. The second-order valence-corrected chi connectivity index (χ2v) is 4.96. The topological polar surface area (TPSA) is 20.3 Å². The van der Waals surface area contributed by atoms with Crippen LogP contribution in [0.5, 0.6) is 0 Å². The summed E-state index contributed by atoms with van der Waals surface area (Å²) in [7, 11) is 0. The van der Waals surface area contributed by atoms with Crippen LogP contribution in [-0.2, 0) is 11.2 Å². The van der Waals surface area contributed by atoms with Gasteiger partial charge in [-0.15, -0.1) is 11.6 Å². The molecule has 2 rings (SSSR count). The maximum Gasteiger partial charge on any atom is 0.227 e. The second kappa shape index (κ2) is 5.50. The van der Waals surface area contributed by atoms with Gasteiger partial charge in [0.1, 0.15) is 5.82 Å². The van der Waals surface area contributed by atoms with Crippen LogP contribution in [0.1, 0.15) is 18.4 Å². The molecule has 1 aromatic carbocycles. The number of likely N-dealkylation sites (tertiary alicyclic amines) is 1. The van der Waals surface area contributed by atoms with Crippen molar-refractivity contribution in [2.24, 2.45) is 0 Å². The van der Waals surface area contributed by atoms with Crippen LogP contribution in [0.2, 0.25) is 0 Å². The molecule has 2 nitrogen and oxygen atoms in total. The van der Waals surface area contributed by atoms with Crippen molar-refractivity contribution in [3.63, 3.8) is 0 Å². The van der Waals surface area contributed by atoms with Gasteiger partial charge in [0.05, 0.1) is 11.8 Å². The van der Waals surface area contributed by atoms with Crippen LogP contribution < -0.4 is 0 Å². The van der Waals surface area contributed by atoms with Crippen LogP contribution in [0.4, 0.5) is 4.39 Å². The lowest BCUT2D eigenvalue weighted by molar-refractivity contribution is -0.131. The van der Waals surface area contributed by atoms with Gasteiger partial charge >= 0.3 is 0 Å². The number of piperidine rings is 1. The molecule has 1 aliphatic rings. The van der Waals surface area contributed by atoms with Crippen LogP contribution in [0.15, 0.2) is 24.3 Å². The van der Waals surface area contributed by atoms with Crippen LogP contribution >= 0.6 is 11.6 Å². The minimum Gasteiger partial charge on any atom is -0.341 e. The van der Waals surface area contributed by atoms with Crippen molar-refractivity contribution >= 4 is 17.5 Å². The summed E-state index contributed by atoms with van der Waals surface area (Å²) in [6, 6.07) is 6.39. The Balaban J connectivity index is 1.99. The fourth-order valence-corrected chi connectivity index (χ4v) is 2.39. The molecule has 1 fully saturated rings. The standard InChI is InChI=1S/C13H15ClFNO/c14-11-5-3-7-16(9-11)13(17)8-10-4-1-2-6-12(10)15/h1-2,4,6,11H,3,5,7-9H2. The first-order valence-electron chi connectivity index (χ1n) is 5.82. The zero-order chi connectivity index (χ0) is 12.3. The third kappa shape index (κ3) is 3.19. The minimum absolute atomic E-state index is 0.0355. The van der Waals surface area contributed by atoms with E-state index in [2.05, 4.69) is 0 Å². The number of carbonyl (C=O) groups excluding carboxylic acids is 1. The highest BCUT2D eigenvalue weighted by atomic mass is 35.5. The van der Waals surface area contributed by atoms with Crippen molar-refractivity contribution in [1.29, 1.82) is 0 Å². The van der Waals surface area contributed by atoms with Crippen molar-refractivity contribution in [2.45, 2.75) is 24.6 Å². The number of benzene rings is 1. The lowest BCUT2D eigenvalue weighted by Gasteiger charge is -2.29. The number of carbonyl (C=O) groups is 1.